The highest BCUT2D eigenvalue weighted by Crippen LogP contribution is 2.31. The molecule has 8 heteroatoms. The van der Waals surface area contributed by atoms with E-state index >= 15 is 0 Å². The molecule has 36 heavy (non-hydrogen) atoms. The lowest BCUT2D eigenvalue weighted by molar-refractivity contribution is 0.0931. The second-order valence-electron chi connectivity index (χ2n) is 9.15. The third kappa shape index (κ3) is 3.91. The largest absolute Gasteiger partial charge is 0.347 e. The van der Waals surface area contributed by atoms with E-state index in [4.69, 9.17) is 11.6 Å². The number of hydrogen-bond acceptors (Lipinski definition) is 3. The molecule has 0 radical (unpaired) electrons. The molecule has 4 aromatic rings. The molecule has 6 rings (SSSR count). The van der Waals surface area contributed by atoms with E-state index in [-0.39, 0.29) is 29.6 Å². The molecule has 3 amide bonds. The average molecular weight is 499 g/mol. The molecule has 2 aliphatic rings. The number of nitrogens with one attached hydrogen (secondary N) is 1. The van der Waals surface area contributed by atoms with Gasteiger partial charge in [-0.2, -0.15) is 0 Å². The minimum absolute atomic E-state index is 0.0658. The summed E-state index contributed by atoms with van der Waals surface area (Å²) in [6, 6.07) is 23.2. The molecular formula is C28H23ClN4O3. The van der Waals surface area contributed by atoms with Gasteiger partial charge in [-0.3, -0.25) is 19.1 Å². The summed E-state index contributed by atoms with van der Waals surface area (Å²) < 4.78 is 1.56. The minimum atomic E-state index is -0.151. The number of urea groups is 1. The maximum Gasteiger partial charge on any atom is 0.324 e. The van der Waals surface area contributed by atoms with E-state index in [9.17, 15) is 14.4 Å². The number of halogens is 1. The number of carbonyl (C=O) groups excluding carboxylic acids is 2. The van der Waals surface area contributed by atoms with Crippen LogP contribution in [0.4, 0.5) is 10.5 Å². The van der Waals surface area contributed by atoms with Crippen molar-refractivity contribution in [2.24, 2.45) is 0 Å². The second-order valence-corrected chi connectivity index (χ2v) is 9.59. The van der Waals surface area contributed by atoms with Gasteiger partial charge in [0.2, 0.25) is 0 Å². The summed E-state index contributed by atoms with van der Waals surface area (Å²) in [5.74, 6) is -0.151. The summed E-state index contributed by atoms with van der Waals surface area (Å²) in [4.78, 5) is 41.9. The van der Waals surface area contributed by atoms with Gasteiger partial charge in [0.1, 0.15) is 0 Å². The molecule has 0 bridgehead atoms. The summed E-state index contributed by atoms with van der Waals surface area (Å²) in [6.07, 6.45) is 2.43. The van der Waals surface area contributed by atoms with Crippen molar-refractivity contribution in [3.8, 4) is 5.69 Å². The molecule has 2 atom stereocenters. The molecule has 0 unspecified atom stereocenters. The Morgan fingerprint density at radius 2 is 1.64 bits per heavy atom. The molecule has 180 valence electrons. The van der Waals surface area contributed by atoms with E-state index in [2.05, 4.69) is 5.32 Å². The molecule has 1 aromatic heterocycles. The fourth-order valence-electron chi connectivity index (χ4n) is 5.16. The Labute approximate surface area is 212 Å². The van der Waals surface area contributed by atoms with Gasteiger partial charge in [-0.25, -0.2) is 4.79 Å². The predicted octanol–water partition coefficient (Wildman–Crippen LogP) is 4.46. The van der Waals surface area contributed by atoms with Crippen LogP contribution in [-0.2, 0) is 0 Å². The van der Waals surface area contributed by atoms with Gasteiger partial charge in [-0.15, -0.1) is 0 Å². The first kappa shape index (κ1) is 22.4. The zero-order chi connectivity index (χ0) is 24.8. The predicted molar refractivity (Wildman–Crippen MR) is 140 cm³/mol. The molecule has 0 spiro atoms. The first-order chi connectivity index (χ1) is 17.5. The summed E-state index contributed by atoms with van der Waals surface area (Å²) in [5.41, 5.74) is 1.97. The minimum Gasteiger partial charge on any atom is -0.347 e. The summed E-state index contributed by atoms with van der Waals surface area (Å²) in [6.45, 7) is 1.09. The van der Waals surface area contributed by atoms with Crippen LogP contribution in [0.5, 0.6) is 0 Å². The molecular weight excluding hydrogens is 476 g/mol. The van der Waals surface area contributed by atoms with E-state index in [1.165, 1.54) is 6.07 Å². The van der Waals surface area contributed by atoms with Gasteiger partial charge < -0.3 is 10.2 Å². The van der Waals surface area contributed by atoms with Crippen molar-refractivity contribution < 1.29 is 9.59 Å². The molecule has 0 saturated carbocycles. The van der Waals surface area contributed by atoms with Crippen LogP contribution in [-0.4, -0.2) is 46.6 Å². The topological polar surface area (TPSA) is 74.7 Å². The number of aromatic nitrogens is 1. The quantitative estimate of drug-likeness (QED) is 0.451. The zero-order valence-electron chi connectivity index (χ0n) is 19.3. The first-order valence-electron chi connectivity index (χ1n) is 11.8. The van der Waals surface area contributed by atoms with Crippen LogP contribution < -0.4 is 15.8 Å². The van der Waals surface area contributed by atoms with E-state index in [0.717, 1.165) is 28.6 Å². The van der Waals surface area contributed by atoms with Gasteiger partial charge in [-0.1, -0.05) is 29.8 Å². The molecule has 3 heterocycles. The van der Waals surface area contributed by atoms with Gasteiger partial charge in [-0.05, 0) is 71.8 Å². The molecule has 2 aliphatic heterocycles. The fourth-order valence-corrected chi connectivity index (χ4v) is 5.35. The number of benzene rings is 3. The smallest absolute Gasteiger partial charge is 0.324 e. The molecule has 0 aliphatic carbocycles. The van der Waals surface area contributed by atoms with Crippen LogP contribution in [0.1, 0.15) is 16.8 Å². The summed E-state index contributed by atoms with van der Waals surface area (Å²) in [7, 11) is 0. The van der Waals surface area contributed by atoms with Gasteiger partial charge in [0.05, 0.1) is 18.6 Å². The highest BCUT2D eigenvalue weighted by atomic mass is 35.5. The zero-order valence-corrected chi connectivity index (χ0v) is 20.1. The average Bonchev–Trinajstić information content (AvgIpc) is 3.44. The fraction of sp³-hybridized carbons (Fsp3) is 0.179. The van der Waals surface area contributed by atoms with Gasteiger partial charge in [0.15, 0.2) is 0 Å². The number of hydrogen-bond donors (Lipinski definition) is 1. The Balaban J connectivity index is 1.17. The van der Waals surface area contributed by atoms with E-state index in [1.54, 1.807) is 33.9 Å². The number of rotatable bonds is 4. The lowest BCUT2D eigenvalue weighted by atomic mass is 10.0. The van der Waals surface area contributed by atoms with E-state index in [0.29, 0.717) is 23.7 Å². The number of anilines is 1. The molecule has 2 saturated heterocycles. The lowest BCUT2D eigenvalue weighted by Crippen LogP contribution is -2.44. The van der Waals surface area contributed by atoms with Crippen molar-refractivity contribution in [2.75, 3.05) is 18.0 Å². The van der Waals surface area contributed by atoms with Crippen molar-refractivity contribution in [1.82, 2.24) is 14.8 Å². The van der Waals surface area contributed by atoms with E-state index < -0.39 is 0 Å². The van der Waals surface area contributed by atoms with Crippen LogP contribution in [0, 0.1) is 0 Å². The van der Waals surface area contributed by atoms with Crippen molar-refractivity contribution in [1.29, 1.82) is 0 Å². The summed E-state index contributed by atoms with van der Waals surface area (Å²) in [5, 5.41) is 5.73. The molecule has 1 N–H and O–H groups in total. The van der Waals surface area contributed by atoms with Gasteiger partial charge in [0, 0.05) is 40.8 Å². The number of fused-ring (bicyclic) bond motifs is 2. The maximum atomic E-state index is 13.1. The molecule has 7 nitrogen and oxygen atoms in total. The van der Waals surface area contributed by atoms with Crippen LogP contribution in [0.25, 0.3) is 16.5 Å². The molecule has 2 fully saturated rings. The van der Waals surface area contributed by atoms with Crippen molar-refractivity contribution in [2.45, 2.75) is 18.5 Å². The van der Waals surface area contributed by atoms with Crippen molar-refractivity contribution in [3.05, 3.63) is 106 Å². The van der Waals surface area contributed by atoms with Gasteiger partial charge >= 0.3 is 6.03 Å². The van der Waals surface area contributed by atoms with Crippen molar-refractivity contribution in [3.63, 3.8) is 0 Å². The number of amides is 3. The SMILES string of the molecule is O=C(N[C@@H]1CCN2C(=O)N(c3ccc(-n4ccccc4=O)cc3)C[C@H]12)c1ccc2cc(Cl)ccc2c1. The van der Waals surface area contributed by atoms with Crippen LogP contribution in [0.2, 0.25) is 5.02 Å². The second kappa shape index (κ2) is 8.84. The van der Waals surface area contributed by atoms with Crippen LogP contribution in [0.3, 0.4) is 0 Å². The number of pyridine rings is 1. The normalized spacial score (nSPS) is 19.1. The number of nitrogens with zero attached hydrogens (tertiary/aromatic N) is 3. The van der Waals surface area contributed by atoms with Crippen LogP contribution in [0.15, 0.2) is 89.9 Å². The highest BCUT2D eigenvalue weighted by Gasteiger charge is 2.46. The Kier molecular flexibility index (Phi) is 5.49. The van der Waals surface area contributed by atoms with Gasteiger partial charge in [0.25, 0.3) is 11.5 Å². The maximum absolute atomic E-state index is 13.1. The third-order valence-electron chi connectivity index (χ3n) is 7.04. The monoisotopic (exact) mass is 498 g/mol. The Morgan fingerprint density at radius 1 is 0.889 bits per heavy atom. The number of carbonyl (C=O) groups is 2. The Morgan fingerprint density at radius 3 is 2.44 bits per heavy atom. The van der Waals surface area contributed by atoms with Crippen LogP contribution >= 0.6 is 11.6 Å². The summed E-state index contributed by atoms with van der Waals surface area (Å²) >= 11 is 6.07. The van der Waals surface area contributed by atoms with E-state index in [1.807, 2.05) is 59.5 Å². The lowest BCUT2D eigenvalue weighted by Gasteiger charge is -2.20. The highest BCUT2D eigenvalue weighted by molar-refractivity contribution is 6.31. The first-order valence-corrected chi connectivity index (χ1v) is 12.2. The standard InChI is InChI=1S/C28H23ClN4O3/c29-21-7-6-18-15-20(5-4-19(18)16-21)27(35)30-24-12-14-32-25(24)17-33(28(32)36)23-10-8-22(9-11-23)31-13-2-1-3-26(31)34/h1-11,13,15-16,24-25H,12,14,17H2,(H,30,35)/t24-,25-/m1/s1. The van der Waals surface area contributed by atoms with Crippen molar-refractivity contribution >= 4 is 40.0 Å². The Hall–Kier alpha value is -4.10. The Bertz CT molecular complexity index is 1550. The molecule has 3 aromatic carbocycles. The third-order valence-corrected chi connectivity index (χ3v) is 7.27.